The highest BCUT2D eigenvalue weighted by atomic mass is 16.3. The van der Waals surface area contributed by atoms with Gasteiger partial charge in [0.1, 0.15) is 11.8 Å². The third-order valence-corrected chi connectivity index (χ3v) is 5.13. The van der Waals surface area contributed by atoms with Gasteiger partial charge in [-0.2, -0.15) is 5.10 Å². The van der Waals surface area contributed by atoms with Crippen LogP contribution >= 0.6 is 0 Å². The van der Waals surface area contributed by atoms with Crippen LogP contribution in [0.4, 0.5) is 5.69 Å². The number of benzene rings is 3. The van der Waals surface area contributed by atoms with Gasteiger partial charge < -0.3 is 4.42 Å². The summed E-state index contributed by atoms with van der Waals surface area (Å²) in [6.07, 6.45) is 2.54. The van der Waals surface area contributed by atoms with Crippen molar-refractivity contribution in [3.05, 3.63) is 115 Å². The Morgan fingerprint density at radius 2 is 1.32 bits per heavy atom. The van der Waals surface area contributed by atoms with Crippen LogP contribution < -0.4 is 5.01 Å². The van der Waals surface area contributed by atoms with Crippen LogP contribution in [0.1, 0.15) is 23.8 Å². The van der Waals surface area contributed by atoms with Gasteiger partial charge in [-0.25, -0.2) is 0 Å². The summed E-state index contributed by atoms with van der Waals surface area (Å²) in [6.45, 7) is 0. The maximum Gasteiger partial charge on any atom is 0.128 e. The second-order valence-corrected chi connectivity index (χ2v) is 6.91. The van der Waals surface area contributed by atoms with Gasteiger partial charge in [0.05, 0.1) is 17.7 Å². The van der Waals surface area contributed by atoms with Gasteiger partial charge in [0.2, 0.25) is 0 Å². The van der Waals surface area contributed by atoms with E-state index in [4.69, 9.17) is 9.52 Å². The molecule has 136 valence electrons. The third kappa shape index (κ3) is 3.12. The van der Waals surface area contributed by atoms with Gasteiger partial charge in [0.25, 0.3) is 0 Å². The largest absolute Gasteiger partial charge is 0.467 e. The van der Waals surface area contributed by atoms with Gasteiger partial charge in [0, 0.05) is 6.42 Å². The van der Waals surface area contributed by atoms with Crippen LogP contribution in [0.25, 0.3) is 11.1 Å². The maximum atomic E-state index is 5.72. The molecule has 3 heteroatoms. The van der Waals surface area contributed by atoms with Crippen molar-refractivity contribution >= 4 is 11.4 Å². The van der Waals surface area contributed by atoms with E-state index in [0.29, 0.717) is 0 Å². The summed E-state index contributed by atoms with van der Waals surface area (Å²) in [5.41, 5.74) is 5.73. The molecule has 3 aromatic carbocycles. The summed E-state index contributed by atoms with van der Waals surface area (Å²) in [7, 11) is 0. The highest BCUT2D eigenvalue weighted by Crippen LogP contribution is 2.37. The quantitative estimate of drug-likeness (QED) is 0.425. The van der Waals surface area contributed by atoms with Crippen LogP contribution in [0.5, 0.6) is 0 Å². The first-order chi connectivity index (χ1) is 13.9. The lowest BCUT2D eigenvalue weighted by Gasteiger charge is -2.21. The fourth-order valence-corrected chi connectivity index (χ4v) is 3.69. The van der Waals surface area contributed by atoms with E-state index < -0.39 is 0 Å². The third-order valence-electron chi connectivity index (χ3n) is 5.13. The molecule has 1 aliphatic rings. The number of anilines is 1. The Morgan fingerprint density at radius 1 is 0.679 bits per heavy atom. The molecule has 4 aromatic rings. The van der Waals surface area contributed by atoms with Gasteiger partial charge in [0.15, 0.2) is 0 Å². The molecule has 0 radical (unpaired) electrons. The van der Waals surface area contributed by atoms with Gasteiger partial charge in [-0.15, -0.1) is 0 Å². The highest BCUT2D eigenvalue weighted by molar-refractivity contribution is 6.03. The number of furan rings is 1. The molecule has 0 saturated heterocycles. The first kappa shape index (κ1) is 16.6. The van der Waals surface area contributed by atoms with Gasteiger partial charge in [-0.1, -0.05) is 72.8 Å². The number of hydrogen-bond donors (Lipinski definition) is 0. The van der Waals surface area contributed by atoms with E-state index in [9.17, 15) is 0 Å². The molecule has 0 fully saturated rings. The summed E-state index contributed by atoms with van der Waals surface area (Å²) in [5, 5.41) is 7.03. The lowest BCUT2D eigenvalue weighted by molar-refractivity contribution is 0.465. The zero-order chi connectivity index (χ0) is 18.8. The van der Waals surface area contributed by atoms with Crippen LogP contribution in [0, 0.1) is 0 Å². The predicted octanol–water partition coefficient (Wildman–Crippen LogP) is 6.30. The van der Waals surface area contributed by atoms with Crippen molar-refractivity contribution in [2.24, 2.45) is 5.10 Å². The number of para-hydroxylation sites is 1. The molecule has 3 nitrogen and oxygen atoms in total. The van der Waals surface area contributed by atoms with Gasteiger partial charge in [-0.3, -0.25) is 5.01 Å². The summed E-state index contributed by atoms with van der Waals surface area (Å²) in [6, 6.07) is 33.4. The van der Waals surface area contributed by atoms with Crippen molar-refractivity contribution < 1.29 is 4.42 Å². The van der Waals surface area contributed by atoms with Crippen molar-refractivity contribution in [2.75, 3.05) is 5.01 Å². The molecular formula is C25H20N2O. The Labute approximate surface area is 164 Å². The van der Waals surface area contributed by atoms with Gasteiger partial charge in [-0.05, 0) is 41.0 Å². The SMILES string of the molecule is c1ccc(-c2ccc(C3=NN(c4ccccc4)C(c4ccco4)C3)cc2)cc1. The molecule has 0 spiro atoms. The molecule has 1 aromatic heterocycles. The topological polar surface area (TPSA) is 28.7 Å². The monoisotopic (exact) mass is 364 g/mol. The molecule has 1 unspecified atom stereocenters. The second kappa shape index (κ2) is 7.20. The Hall–Kier alpha value is -3.59. The van der Waals surface area contributed by atoms with E-state index in [2.05, 4.69) is 65.7 Å². The van der Waals surface area contributed by atoms with Crippen LogP contribution in [0.2, 0.25) is 0 Å². The minimum absolute atomic E-state index is 0.0706. The number of hydrazone groups is 1. The van der Waals surface area contributed by atoms with Crippen molar-refractivity contribution in [3.63, 3.8) is 0 Å². The van der Waals surface area contributed by atoms with Crippen LogP contribution in [-0.4, -0.2) is 5.71 Å². The lowest BCUT2D eigenvalue weighted by atomic mass is 9.99. The van der Waals surface area contributed by atoms with E-state index in [-0.39, 0.29) is 6.04 Å². The van der Waals surface area contributed by atoms with E-state index in [1.807, 2.05) is 36.4 Å². The van der Waals surface area contributed by atoms with E-state index in [0.717, 1.165) is 29.1 Å². The second-order valence-electron chi connectivity index (χ2n) is 6.91. The molecule has 0 bridgehead atoms. The van der Waals surface area contributed by atoms with Crippen LogP contribution in [0.3, 0.4) is 0 Å². The standard InChI is InChI=1S/C25H20N2O/c1-3-8-19(9-4-1)20-13-15-21(16-14-20)23-18-24(25-12-7-17-28-25)27(26-23)22-10-5-2-6-11-22/h1-17,24H,18H2. The molecule has 1 atom stereocenters. The highest BCUT2D eigenvalue weighted by Gasteiger charge is 2.31. The van der Waals surface area contributed by atoms with Crippen LogP contribution in [-0.2, 0) is 0 Å². The number of rotatable bonds is 4. The van der Waals surface area contributed by atoms with Crippen molar-refractivity contribution in [2.45, 2.75) is 12.5 Å². The minimum Gasteiger partial charge on any atom is -0.467 e. The van der Waals surface area contributed by atoms with Crippen molar-refractivity contribution in [3.8, 4) is 11.1 Å². The summed E-state index contributed by atoms with van der Waals surface area (Å²) in [4.78, 5) is 0. The molecule has 0 N–H and O–H groups in total. The Kier molecular flexibility index (Phi) is 4.26. The van der Waals surface area contributed by atoms with E-state index in [1.54, 1.807) is 6.26 Å². The Bertz CT molecular complexity index is 1070. The first-order valence-corrected chi connectivity index (χ1v) is 9.49. The Morgan fingerprint density at radius 3 is 2.00 bits per heavy atom. The summed E-state index contributed by atoms with van der Waals surface area (Å²) in [5.74, 6) is 0.934. The normalized spacial score (nSPS) is 16.2. The number of hydrogen-bond acceptors (Lipinski definition) is 3. The fraction of sp³-hybridized carbons (Fsp3) is 0.0800. The predicted molar refractivity (Wildman–Crippen MR) is 113 cm³/mol. The minimum atomic E-state index is 0.0706. The zero-order valence-electron chi connectivity index (χ0n) is 15.4. The average molecular weight is 364 g/mol. The maximum absolute atomic E-state index is 5.72. The molecule has 0 saturated carbocycles. The molecule has 0 amide bonds. The first-order valence-electron chi connectivity index (χ1n) is 9.49. The molecule has 5 rings (SSSR count). The molecular weight excluding hydrogens is 344 g/mol. The molecule has 28 heavy (non-hydrogen) atoms. The summed E-state index contributed by atoms with van der Waals surface area (Å²) < 4.78 is 5.72. The average Bonchev–Trinajstić information content (AvgIpc) is 3.45. The Balaban J connectivity index is 1.48. The fourth-order valence-electron chi connectivity index (χ4n) is 3.69. The smallest absolute Gasteiger partial charge is 0.128 e. The molecule has 0 aliphatic carbocycles. The van der Waals surface area contributed by atoms with Crippen molar-refractivity contribution in [1.82, 2.24) is 0 Å². The van der Waals surface area contributed by atoms with Crippen LogP contribution in [0.15, 0.2) is 113 Å². The summed E-state index contributed by atoms with van der Waals surface area (Å²) >= 11 is 0. The molecule has 1 aliphatic heterocycles. The number of nitrogens with zero attached hydrogens (tertiary/aromatic N) is 2. The van der Waals surface area contributed by atoms with Crippen molar-refractivity contribution in [1.29, 1.82) is 0 Å². The van der Waals surface area contributed by atoms with E-state index >= 15 is 0 Å². The lowest BCUT2D eigenvalue weighted by Crippen LogP contribution is -2.17. The van der Waals surface area contributed by atoms with E-state index in [1.165, 1.54) is 11.1 Å². The zero-order valence-corrected chi connectivity index (χ0v) is 15.4. The molecule has 2 heterocycles. The van der Waals surface area contributed by atoms with Gasteiger partial charge >= 0.3 is 0 Å².